The van der Waals surface area contributed by atoms with Gasteiger partial charge in [-0.3, -0.25) is 14.5 Å². The number of hydrogen-bond donors (Lipinski definition) is 1. The minimum Gasteiger partial charge on any atom is -0.350 e. The van der Waals surface area contributed by atoms with Crippen molar-refractivity contribution < 1.29 is 9.59 Å². The Morgan fingerprint density at radius 3 is 1.94 bits per heavy atom. The minimum absolute atomic E-state index is 0.0252. The molecule has 0 radical (unpaired) electrons. The third-order valence-corrected chi connectivity index (χ3v) is 2.57. The Kier molecular flexibility index (Phi) is 6.91. The van der Waals surface area contributed by atoms with Gasteiger partial charge in [-0.2, -0.15) is 0 Å². The fraction of sp³-hybridized carbons (Fsp3) is 0.846. The summed E-state index contributed by atoms with van der Waals surface area (Å²) in [5.74, 6) is -0.152. The zero-order valence-electron chi connectivity index (χ0n) is 12.5. The molecule has 18 heavy (non-hydrogen) atoms. The third kappa shape index (κ3) is 7.27. The molecule has 0 aliphatic rings. The minimum atomic E-state index is -0.264. The lowest BCUT2D eigenvalue weighted by Gasteiger charge is -2.25. The van der Waals surface area contributed by atoms with Gasteiger partial charge in [0.2, 0.25) is 11.8 Å². The first-order valence-electron chi connectivity index (χ1n) is 6.47. The summed E-state index contributed by atoms with van der Waals surface area (Å²) in [6, 6.07) is 0. The maximum Gasteiger partial charge on any atom is 0.240 e. The lowest BCUT2D eigenvalue weighted by atomic mass is 10.1. The van der Waals surface area contributed by atoms with Crippen LogP contribution in [0.25, 0.3) is 0 Å². The van der Waals surface area contributed by atoms with E-state index in [4.69, 9.17) is 0 Å². The molecule has 0 aliphatic heterocycles. The van der Waals surface area contributed by atoms with Crippen LogP contribution in [-0.2, 0) is 9.59 Å². The quantitative estimate of drug-likeness (QED) is 0.762. The standard InChI is InChI=1S/C13H27N3O2/c1-7-16(8-2)10-12(18)15(6)9-11(17)14-13(3,4)5/h7-10H2,1-6H3,(H,14,17). The Morgan fingerprint density at radius 1 is 1.06 bits per heavy atom. The van der Waals surface area contributed by atoms with Crippen molar-refractivity contribution in [2.75, 3.05) is 33.2 Å². The average molecular weight is 257 g/mol. The summed E-state index contributed by atoms with van der Waals surface area (Å²) < 4.78 is 0. The van der Waals surface area contributed by atoms with Gasteiger partial charge in [0.1, 0.15) is 0 Å². The zero-order chi connectivity index (χ0) is 14.3. The van der Waals surface area contributed by atoms with Crippen molar-refractivity contribution in [3.05, 3.63) is 0 Å². The van der Waals surface area contributed by atoms with E-state index in [2.05, 4.69) is 5.32 Å². The number of carbonyl (C=O) groups is 2. The van der Waals surface area contributed by atoms with E-state index in [-0.39, 0.29) is 23.9 Å². The van der Waals surface area contributed by atoms with Crippen LogP contribution in [0.2, 0.25) is 0 Å². The van der Waals surface area contributed by atoms with Crippen molar-refractivity contribution in [3.63, 3.8) is 0 Å². The van der Waals surface area contributed by atoms with Gasteiger partial charge in [-0.1, -0.05) is 13.8 Å². The fourth-order valence-electron chi connectivity index (χ4n) is 1.52. The normalized spacial score (nSPS) is 11.5. The molecule has 0 saturated carbocycles. The number of nitrogens with one attached hydrogen (secondary N) is 1. The highest BCUT2D eigenvalue weighted by Crippen LogP contribution is 1.99. The largest absolute Gasteiger partial charge is 0.350 e. The van der Waals surface area contributed by atoms with Crippen LogP contribution in [0.15, 0.2) is 0 Å². The molecule has 0 heterocycles. The van der Waals surface area contributed by atoms with Gasteiger partial charge in [0, 0.05) is 12.6 Å². The van der Waals surface area contributed by atoms with Crippen LogP contribution >= 0.6 is 0 Å². The second kappa shape index (κ2) is 7.36. The molecule has 106 valence electrons. The summed E-state index contributed by atoms with van der Waals surface area (Å²) >= 11 is 0. The molecule has 0 bridgehead atoms. The molecule has 5 nitrogen and oxygen atoms in total. The lowest BCUT2D eigenvalue weighted by Crippen LogP contribution is -2.48. The summed E-state index contributed by atoms with van der Waals surface area (Å²) in [7, 11) is 1.66. The molecule has 5 heteroatoms. The Bertz CT molecular complexity index is 280. The van der Waals surface area contributed by atoms with E-state index in [1.807, 2.05) is 39.5 Å². The Hall–Kier alpha value is -1.10. The summed E-state index contributed by atoms with van der Waals surface area (Å²) in [5, 5.41) is 2.84. The molecule has 2 amide bonds. The number of carbonyl (C=O) groups excluding carboxylic acids is 2. The summed E-state index contributed by atoms with van der Waals surface area (Å²) in [4.78, 5) is 27.1. The number of hydrogen-bond acceptors (Lipinski definition) is 3. The van der Waals surface area contributed by atoms with E-state index in [9.17, 15) is 9.59 Å². The van der Waals surface area contributed by atoms with E-state index in [0.29, 0.717) is 6.54 Å². The molecule has 0 aromatic carbocycles. The first kappa shape index (κ1) is 16.9. The molecule has 0 aromatic rings. The van der Waals surface area contributed by atoms with Crippen LogP contribution in [0.1, 0.15) is 34.6 Å². The van der Waals surface area contributed by atoms with Crippen LogP contribution in [0.5, 0.6) is 0 Å². The van der Waals surface area contributed by atoms with Gasteiger partial charge in [-0.25, -0.2) is 0 Å². The number of nitrogens with zero attached hydrogens (tertiary/aromatic N) is 2. The molecule has 0 aliphatic carbocycles. The summed E-state index contributed by atoms with van der Waals surface area (Å²) in [6.07, 6.45) is 0. The highest BCUT2D eigenvalue weighted by atomic mass is 16.2. The second-order valence-corrected chi connectivity index (χ2v) is 5.51. The molecule has 0 spiro atoms. The SMILES string of the molecule is CCN(CC)CC(=O)N(C)CC(=O)NC(C)(C)C. The maximum atomic E-state index is 11.9. The monoisotopic (exact) mass is 257 g/mol. The van der Waals surface area contributed by atoms with Crippen molar-refractivity contribution in [2.24, 2.45) is 0 Å². The third-order valence-electron chi connectivity index (χ3n) is 2.57. The number of amides is 2. The smallest absolute Gasteiger partial charge is 0.240 e. The van der Waals surface area contributed by atoms with Gasteiger partial charge >= 0.3 is 0 Å². The first-order chi connectivity index (χ1) is 8.19. The highest BCUT2D eigenvalue weighted by molar-refractivity contribution is 5.85. The van der Waals surface area contributed by atoms with E-state index in [0.717, 1.165) is 13.1 Å². The van der Waals surface area contributed by atoms with Crippen LogP contribution in [-0.4, -0.2) is 60.4 Å². The molecule has 1 N–H and O–H groups in total. The highest BCUT2D eigenvalue weighted by Gasteiger charge is 2.18. The van der Waals surface area contributed by atoms with Gasteiger partial charge in [0.05, 0.1) is 13.1 Å². The van der Waals surface area contributed by atoms with Crippen molar-refractivity contribution in [2.45, 2.75) is 40.2 Å². The maximum absolute atomic E-state index is 11.9. The van der Waals surface area contributed by atoms with E-state index < -0.39 is 0 Å². The molecular formula is C13H27N3O2. The van der Waals surface area contributed by atoms with E-state index in [1.54, 1.807) is 7.05 Å². The van der Waals surface area contributed by atoms with Gasteiger partial charge in [-0.15, -0.1) is 0 Å². The summed E-state index contributed by atoms with van der Waals surface area (Å²) in [5.41, 5.74) is -0.264. The van der Waals surface area contributed by atoms with Crippen LogP contribution in [0, 0.1) is 0 Å². The fourth-order valence-corrected chi connectivity index (χ4v) is 1.52. The van der Waals surface area contributed by atoms with Crippen molar-refractivity contribution in [3.8, 4) is 0 Å². The topological polar surface area (TPSA) is 52.7 Å². The Labute approximate surface area is 111 Å². The molecule has 0 unspecified atom stereocenters. The summed E-state index contributed by atoms with van der Waals surface area (Å²) in [6.45, 7) is 11.9. The van der Waals surface area contributed by atoms with E-state index >= 15 is 0 Å². The zero-order valence-corrected chi connectivity index (χ0v) is 12.5. The van der Waals surface area contributed by atoms with Gasteiger partial charge in [0.25, 0.3) is 0 Å². The average Bonchev–Trinajstić information content (AvgIpc) is 2.22. The van der Waals surface area contributed by atoms with Crippen LogP contribution in [0.4, 0.5) is 0 Å². The van der Waals surface area contributed by atoms with E-state index in [1.165, 1.54) is 4.90 Å². The molecule has 0 aromatic heterocycles. The molecule has 0 rings (SSSR count). The Balaban J connectivity index is 4.19. The van der Waals surface area contributed by atoms with Crippen molar-refractivity contribution >= 4 is 11.8 Å². The van der Waals surface area contributed by atoms with Gasteiger partial charge in [0.15, 0.2) is 0 Å². The number of likely N-dealkylation sites (N-methyl/N-ethyl adjacent to an activating group) is 2. The predicted molar refractivity (Wildman–Crippen MR) is 73.3 cm³/mol. The first-order valence-corrected chi connectivity index (χ1v) is 6.47. The van der Waals surface area contributed by atoms with Crippen molar-refractivity contribution in [1.82, 2.24) is 15.1 Å². The second-order valence-electron chi connectivity index (χ2n) is 5.51. The lowest BCUT2D eigenvalue weighted by molar-refractivity contribution is -0.136. The van der Waals surface area contributed by atoms with Crippen LogP contribution < -0.4 is 5.32 Å². The molecular weight excluding hydrogens is 230 g/mol. The molecule has 0 fully saturated rings. The van der Waals surface area contributed by atoms with Gasteiger partial charge < -0.3 is 10.2 Å². The Morgan fingerprint density at radius 2 is 1.56 bits per heavy atom. The van der Waals surface area contributed by atoms with Crippen LogP contribution in [0.3, 0.4) is 0 Å². The molecule has 0 saturated heterocycles. The van der Waals surface area contributed by atoms with Gasteiger partial charge in [-0.05, 0) is 33.9 Å². The number of rotatable bonds is 6. The molecule has 0 atom stereocenters. The van der Waals surface area contributed by atoms with Crippen molar-refractivity contribution in [1.29, 1.82) is 0 Å². The predicted octanol–water partition coefficient (Wildman–Crippen LogP) is 0.701.